The highest BCUT2D eigenvalue weighted by molar-refractivity contribution is 7.13. The topological polar surface area (TPSA) is 189 Å². The highest BCUT2D eigenvalue weighted by atomic mass is 32.1. The summed E-state index contributed by atoms with van der Waals surface area (Å²) in [5, 5.41) is 30.3. The first kappa shape index (κ1) is 52.4. The molecule has 0 spiro atoms. The molecule has 382 valence electrons. The molecule has 3 aromatic carbocycles. The van der Waals surface area contributed by atoms with Gasteiger partial charge in [0.15, 0.2) is 0 Å². The van der Waals surface area contributed by atoms with Crippen LogP contribution >= 0.6 is 11.3 Å². The van der Waals surface area contributed by atoms with E-state index in [1.54, 1.807) is 17.4 Å². The van der Waals surface area contributed by atoms with Gasteiger partial charge < -0.3 is 29.9 Å². The number of aromatic nitrogens is 3. The van der Waals surface area contributed by atoms with E-state index in [-0.39, 0.29) is 37.3 Å². The first-order valence-corrected chi connectivity index (χ1v) is 26.6. The molecule has 2 fully saturated rings. The van der Waals surface area contributed by atoms with E-state index in [0.717, 1.165) is 103 Å². The monoisotopic (exact) mass is 997 g/mol. The lowest BCUT2D eigenvalue weighted by Gasteiger charge is -2.34. The van der Waals surface area contributed by atoms with Gasteiger partial charge in [0.05, 0.1) is 40.5 Å². The fourth-order valence-electron chi connectivity index (χ4n) is 10.5. The zero-order chi connectivity index (χ0) is 50.8. The van der Waals surface area contributed by atoms with Gasteiger partial charge in [-0.2, -0.15) is 0 Å². The second-order valence-corrected chi connectivity index (χ2v) is 21.6. The molecule has 2 unspecified atom stereocenters. The maximum atomic E-state index is 14.8. The lowest BCUT2D eigenvalue weighted by molar-refractivity contribution is -0.142. The highest BCUT2D eigenvalue weighted by Gasteiger charge is 2.46. The van der Waals surface area contributed by atoms with E-state index in [9.17, 15) is 24.6 Å². The smallest absolute Gasteiger partial charge is 0.258 e. The molecule has 1 saturated carbocycles. The summed E-state index contributed by atoms with van der Waals surface area (Å²) in [6.07, 6.45) is 12.6. The summed E-state index contributed by atoms with van der Waals surface area (Å²) in [6, 6.07) is 25.3. The molecule has 0 radical (unpaired) electrons. The Hall–Kier alpha value is -5.97. The van der Waals surface area contributed by atoms with Crippen molar-refractivity contribution in [3.05, 3.63) is 136 Å². The van der Waals surface area contributed by atoms with Crippen LogP contribution in [0.1, 0.15) is 136 Å². The first-order chi connectivity index (χ1) is 34.8. The number of benzene rings is 3. The number of hydrogen-bond acceptors (Lipinski definition) is 11. The number of fused-ring (bicyclic) bond motifs is 1. The molecular weight excluding hydrogens is 925 g/mol. The molecule has 1 saturated heterocycles. The van der Waals surface area contributed by atoms with Gasteiger partial charge in [-0.1, -0.05) is 112 Å². The molecule has 6 N–H and O–H groups in total. The Morgan fingerprint density at radius 3 is 2.53 bits per heavy atom. The molecule has 6 atom stereocenters. The van der Waals surface area contributed by atoms with Crippen molar-refractivity contribution in [1.29, 1.82) is 0 Å². The average molecular weight is 997 g/mol. The number of aromatic amines is 1. The standard InChI is InChI=1S/C57H72N8O6S/c1-6-28-60-62-52(68)26-19-38-15-17-39(18-16-38)33-64(29-27-43-32-58-47-14-10-9-13-46(43)47)44-12-8-7-11-40(24-25-44)48-31-51(71-63-48)53(57(3,4)5)56(70)65-34-45(67)30-50(65)55(69)61-49(35-66)41-20-22-42(23-21-41)54-37(2)59-36-72-54/h9-10,13-23,26,31-32,36,40,44-45,49-50,53,58,60,66-67H,6-8,11-12,24-25,27-30,33-35H2,1-5H3,(H,61,69)(H,62,68)/b26-19+/t40?,44?,45-,49+,50+,53-/m1/s1. The molecule has 15 heteroatoms. The molecule has 3 amide bonds. The zero-order valence-corrected chi connectivity index (χ0v) is 43.2. The number of aliphatic hydroxyl groups is 2. The van der Waals surface area contributed by atoms with Crippen molar-refractivity contribution >= 4 is 46.0 Å². The Balaban J connectivity index is 0.952. The van der Waals surface area contributed by atoms with Crippen molar-refractivity contribution in [3.63, 3.8) is 0 Å². The average Bonchev–Trinajstić information content (AvgIpc) is 4.19. The van der Waals surface area contributed by atoms with Crippen molar-refractivity contribution in [1.82, 2.24) is 41.1 Å². The summed E-state index contributed by atoms with van der Waals surface area (Å²) in [7, 11) is 0. The first-order valence-electron chi connectivity index (χ1n) is 25.7. The van der Waals surface area contributed by atoms with Crippen molar-refractivity contribution in [2.45, 2.75) is 135 Å². The largest absolute Gasteiger partial charge is 0.394 e. The molecule has 6 aromatic rings. The van der Waals surface area contributed by atoms with Gasteiger partial charge in [-0.05, 0) is 90.8 Å². The fourth-order valence-corrected chi connectivity index (χ4v) is 11.3. The fraction of sp³-hybridized carbons (Fsp3) is 0.456. The third-order valence-corrected chi connectivity index (χ3v) is 15.5. The number of nitrogens with zero attached hydrogens (tertiary/aromatic N) is 4. The second-order valence-electron chi connectivity index (χ2n) is 20.8. The Morgan fingerprint density at radius 2 is 1.79 bits per heavy atom. The SMILES string of the molecule is CCCNNC(=O)/C=C/c1ccc(CN(CCc2c[nH]c3ccccc23)C2CCCCC(c3cc([C@H](C(=O)N4C[C@H](O)C[C@H]4C(=O)N[C@@H](CO)c4ccc(-c5scnc5C)cc4)C(C)(C)C)on3)CC2)cc1. The Kier molecular flexibility index (Phi) is 17.6. The van der Waals surface area contributed by atoms with Crippen LogP contribution in [-0.2, 0) is 27.3 Å². The number of β-amino-alcohol motifs (C(OH)–C–C–N with tert-alkyl or cyclic N) is 1. The number of rotatable bonds is 19. The van der Waals surface area contributed by atoms with Gasteiger partial charge in [0.1, 0.15) is 17.7 Å². The van der Waals surface area contributed by atoms with E-state index >= 15 is 0 Å². The van der Waals surface area contributed by atoms with Gasteiger partial charge in [-0.25, -0.2) is 10.4 Å². The predicted molar refractivity (Wildman–Crippen MR) is 284 cm³/mol. The number of amides is 3. The van der Waals surface area contributed by atoms with Crippen LogP contribution < -0.4 is 16.2 Å². The van der Waals surface area contributed by atoms with Crippen molar-refractivity contribution in [2.75, 3.05) is 26.2 Å². The van der Waals surface area contributed by atoms with Gasteiger partial charge in [-0.15, -0.1) is 11.3 Å². The summed E-state index contributed by atoms with van der Waals surface area (Å²) in [5.41, 5.74) is 15.0. The molecule has 3 aromatic heterocycles. The molecule has 1 aliphatic carbocycles. The highest BCUT2D eigenvalue weighted by Crippen LogP contribution is 2.41. The normalized spacial score (nSPS) is 19.6. The Morgan fingerprint density at radius 1 is 1.01 bits per heavy atom. The summed E-state index contributed by atoms with van der Waals surface area (Å²) in [4.78, 5) is 54.1. The van der Waals surface area contributed by atoms with Gasteiger partial charge in [0.2, 0.25) is 11.8 Å². The van der Waals surface area contributed by atoms with Crippen molar-refractivity contribution in [2.24, 2.45) is 5.41 Å². The number of hydrazine groups is 1. The number of carbonyl (C=O) groups is 3. The lowest BCUT2D eigenvalue weighted by Crippen LogP contribution is -2.50. The van der Waals surface area contributed by atoms with Gasteiger partial charge in [-0.3, -0.25) is 24.7 Å². The minimum absolute atomic E-state index is 0.00896. The number of hydrogen-bond donors (Lipinski definition) is 6. The van der Waals surface area contributed by atoms with Gasteiger partial charge in [0, 0.05) is 73.8 Å². The number of aliphatic hydroxyl groups excluding tert-OH is 2. The van der Waals surface area contributed by atoms with Crippen LogP contribution in [-0.4, -0.2) is 97.3 Å². The number of para-hydroxylation sites is 1. The third kappa shape index (κ3) is 13.0. The van der Waals surface area contributed by atoms with Crippen molar-refractivity contribution < 1.29 is 29.1 Å². The van der Waals surface area contributed by atoms with E-state index in [4.69, 9.17) is 4.52 Å². The molecule has 4 heterocycles. The molecule has 14 nitrogen and oxygen atoms in total. The van der Waals surface area contributed by atoms with Crippen LogP contribution in [0.15, 0.2) is 101 Å². The van der Waals surface area contributed by atoms with Crippen LogP contribution in [0.3, 0.4) is 0 Å². The molecular formula is C57H72N8O6S. The predicted octanol–water partition coefficient (Wildman–Crippen LogP) is 9.12. The molecule has 1 aliphatic heterocycles. The zero-order valence-electron chi connectivity index (χ0n) is 42.4. The number of H-pyrrole nitrogens is 1. The molecule has 2 aliphatic rings. The summed E-state index contributed by atoms with van der Waals surface area (Å²) in [6.45, 7) is 12.0. The second kappa shape index (κ2) is 24.2. The number of nitrogens with one attached hydrogen (secondary N) is 4. The Bertz CT molecular complexity index is 2760. The number of thiazole rings is 1. The maximum absolute atomic E-state index is 14.8. The van der Waals surface area contributed by atoms with E-state index in [1.807, 2.05) is 76.5 Å². The molecule has 8 rings (SSSR count). The van der Waals surface area contributed by atoms with Crippen molar-refractivity contribution in [3.8, 4) is 10.4 Å². The van der Waals surface area contributed by atoms with Crippen LogP contribution in [0.4, 0.5) is 0 Å². The molecule has 72 heavy (non-hydrogen) atoms. The number of aryl methyl sites for hydroxylation is 1. The lowest BCUT2D eigenvalue weighted by atomic mass is 9.77. The third-order valence-electron chi connectivity index (χ3n) is 14.5. The molecule has 0 bridgehead atoms. The van der Waals surface area contributed by atoms with E-state index < -0.39 is 35.4 Å². The quantitative estimate of drug-likeness (QED) is 0.0260. The minimum atomic E-state index is -0.935. The minimum Gasteiger partial charge on any atom is -0.394 e. The van der Waals surface area contributed by atoms with Crippen LogP contribution in [0, 0.1) is 12.3 Å². The summed E-state index contributed by atoms with van der Waals surface area (Å²) >= 11 is 1.56. The van der Waals surface area contributed by atoms with E-state index in [0.29, 0.717) is 18.3 Å². The van der Waals surface area contributed by atoms with Gasteiger partial charge in [0.25, 0.3) is 5.91 Å². The maximum Gasteiger partial charge on any atom is 0.258 e. The Labute approximate surface area is 427 Å². The van der Waals surface area contributed by atoms with Crippen LogP contribution in [0.2, 0.25) is 0 Å². The van der Waals surface area contributed by atoms with Crippen LogP contribution in [0.25, 0.3) is 27.4 Å². The van der Waals surface area contributed by atoms with E-state index in [2.05, 4.69) is 90.9 Å². The number of carbonyl (C=O) groups excluding carboxylic acids is 3. The number of likely N-dealkylation sites (tertiary alicyclic amines) is 1. The van der Waals surface area contributed by atoms with Gasteiger partial charge >= 0.3 is 0 Å². The van der Waals surface area contributed by atoms with Crippen LogP contribution in [0.5, 0.6) is 0 Å². The summed E-state index contributed by atoms with van der Waals surface area (Å²) in [5.74, 6) is -1.09. The van der Waals surface area contributed by atoms with E-state index in [1.165, 1.54) is 21.4 Å². The summed E-state index contributed by atoms with van der Waals surface area (Å²) < 4.78 is 6.16.